The van der Waals surface area contributed by atoms with Crippen LogP contribution >= 0.6 is 0 Å². The van der Waals surface area contributed by atoms with Gasteiger partial charge in [0.2, 0.25) is 5.88 Å². The number of rotatable bonds is 6. The van der Waals surface area contributed by atoms with Gasteiger partial charge in [-0.15, -0.1) is 0 Å². The summed E-state index contributed by atoms with van der Waals surface area (Å²) in [5.41, 5.74) is 1.12. The highest BCUT2D eigenvalue weighted by Crippen LogP contribution is 2.15. The number of benzene rings is 1. The maximum absolute atomic E-state index is 5.32. The zero-order chi connectivity index (χ0) is 13.5. The van der Waals surface area contributed by atoms with Crippen LogP contribution in [0.25, 0.3) is 0 Å². The molecule has 0 aliphatic heterocycles. The quantitative estimate of drug-likeness (QED) is 0.863. The first-order valence-electron chi connectivity index (χ1n) is 6.13. The van der Waals surface area contributed by atoms with Crippen LogP contribution in [0.2, 0.25) is 0 Å². The molecule has 1 aromatic heterocycles. The molecule has 2 aromatic rings. The Morgan fingerprint density at radius 3 is 2.89 bits per heavy atom. The van der Waals surface area contributed by atoms with Gasteiger partial charge in [-0.25, -0.2) is 9.97 Å². The molecule has 100 valence electrons. The minimum absolute atomic E-state index is 0.575. The number of anilines is 1. The lowest BCUT2D eigenvalue weighted by molar-refractivity contribution is 0.326. The predicted molar refractivity (Wildman–Crippen MR) is 73.5 cm³/mol. The van der Waals surface area contributed by atoms with Gasteiger partial charge in [-0.2, -0.15) is 0 Å². The third kappa shape index (κ3) is 3.84. The van der Waals surface area contributed by atoms with E-state index < -0.39 is 0 Å². The molecule has 0 spiro atoms. The summed E-state index contributed by atoms with van der Waals surface area (Å²) in [6, 6.07) is 9.67. The van der Waals surface area contributed by atoms with E-state index >= 15 is 0 Å². The SMILES string of the molecule is CCOc1cc(NCc2cccc(OC)c2)ncn1. The van der Waals surface area contributed by atoms with Crippen LogP contribution < -0.4 is 14.8 Å². The lowest BCUT2D eigenvalue weighted by atomic mass is 10.2. The van der Waals surface area contributed by atoms with Gasteiger partial charge in [0, 0.05) is 12.6 Å². The largest absolute Gasteiger partial charge is 0.497 e. The van der Waals surface area contributed by atoms with E-state index in [0.29, 0.717) is 19.0 Å². The Morgan fingerprint density at radius 2 is 2.11 bits per heavy atom. The van der Waals surface area contributed by atoms with E-state index in [1.807, 2.05) is 31.2 Å². The van der Waals surface area contributed by atoms with E-state index in [-0.39, 0.29) is 0 Å². The third-order valence-corrected chi connectivity index (χ3v) is 2.54. The van der Waals surface area contributed by atoms with Gasteiger partial charge in [-0.1, -0.05) is 12.1 Å². The Hall–Kier alpha value is -2.30. The van der Waals surface area contributed by atoms with Gasteiger partial charge < -0.3 is 14.8 Å². The average Bonchev–Trinajstić information content (AvgIpc) is 2.46. The second-order valence-corrected chi connectivity index (χ2v) is 3.88. The molecule has 0 aliphatic rings. The molecule has 1 N–H and O–H groups in total. The van der Waals surface area contributed by atoms with Crippen molar-refractivity contribution >= 4 is 5.82 Å². The van der Waals surface area contributed by atoms with Crippen LogP contribution in [0.3, 0.4) is 0 Å². The second kappa shape index (κ2) is 6.58. The van der Waals surface area contributed by atoms with Crippen molar-refractivity contribution in [1.82, 2.24) is 9.97 Å². The monoisotopic (exact) mass is 259 g/mol. The summed E-state index contributed by atoms with van der Waals surface area (Å²) in [5, 5.41) is 3.22. The van der Waals surface area contributed by atoms with Gasteiger partial charge in [0.15, 0.2) is 0 Å². The summed E-state index contributed by atoms with van der Waals surface area (Å²) >= 11 is 0. The van der Waals surface area contributed by atoms with Crippen LogP contribution in [0.5, 0.6) is 11.6 Å². The molecule has 0 fully saturated rings. The van der Waals surface area contributed by atoms with E-state index in [4.69, 9.17) is 9.47 Å². The predicted octanol–water partition coefficient (Wildman–Crippen LogP) is 2.50. The van der Waals surface area contributed by atoms with Crippen molar-refractivity contribution in [2.24, 2.45) is 0 Å². The molecule has 0 saturated carbocycles. The van der Waals surface area contributed by atoms with Gasteiger partial charge in [0.05, 0.1) is 13.7 Å². The smallest absolute Gasteiger partial charge is 0.218 e. The molecule has 5 nitrogen and oxygen atoms in total. The Kier molecular flexibility index (Phi) is 4.55. The maximum Gasteiger partial charge on any atom is 0.218 e. The van der Waals surface area contributed by atoms with Crippen molar-refractivity contribution < 1.29 is 9.47 Å². The lowest BCUT2D eigenvalue weighted by Gasteiger charge is -2.08. The molecule has 2 rings (SSSR count). The molecule has 0 radical (unpaired) electrons. The van der Waals surface area contributed by atoms with E-state index in [2.05, 4.69) is 15.3 Å². The van der Waals surface area contributed by atoms with Crippen LogP contribution in [-0.4, -0.2) is 23.7 Å². The summed E-state index contributed by atoms with van der Waals surface area (Å²) in [6.45, 7) is 3.18. The Balaban J connectivity index is 1.99. The highest BCUT2D eigenvalue weighted by atomic mass is 16.5. The number of methoxy groups -OCH3 is 1. The second-order valence-electron chi connectivity index (χ2n) is 3.88. The molecule has 0 unspecified atom stereocenters. The Labute approximate surface area is 112 Å². The summed E-state index contributed by atoms with van der Waals surface area (Å²) in [4.78, 5) is 8.16. The summed E-state index contributed by atoms with van der Waals surface area (Å²) in [7, 11) is 1.66. The number of nitrogens with one attached hydrogen (secondary N) is 1. The van der Waals surface area contributed by atoms with Crippen LogP contribution in [0.4, 0.5) is 5.82 Å². The molecule has 0 aliphatic carbocycles. The van der Waals surface area contributed by atoms with Crippen LogP contribution in [0.1, 0.15) is 12.5 Å². The molecule has 0 saturated heterocycles. The molecular formula is C14H17N3O2. The van der Waals surface area contributed by atoms with E-state index in [0.717, 1.165) is 17.1 Å². The van der Waals surface area contributed by atoms with Crippen molar-refractivity contribution in [2.75, 3.05) is 19.0 Å². The first kappa shape index (κ1) is 13.1. The number of aromatic nitrogens is 2. The highest BCUT2D eigenvalue weighted by Gasteiger charge is 2.00. The number of hydrogen-bond donors (Lipinski definition) is 1. The van der Waals surface area contributed by atoms with Gasteiger partial charge in [0.25, 0.3) is 0 Å². The van der Waals surface area contributed by atoms with Gasteiger partial charge in [-0.3, -0.25) is 0 Å². The Morgan fingerprint density at radius 1 is 1.21 bits per heavy atom. The third-order valence-electron chi connectivity index (χ3n) is 2.54. The molecule has 0 bridgehead atoms. The van der Waals surface area contributed by atoms with E-state index in [1.165, 1.54) is 6.33 Å². The van der Waals surface area contributed by atoms with E-state index in [9.17, 15) is 0 Å². The van der Waals surface area contributed by atoms with Crippen molar-refractivity contribution in [3.05, 3.63) is 42.2 Å². The summed E-state index contributed by atoms with van der Waals surface area (Å²) < 4.78 is 10.5. The number of ether oxygens (including phenoxy) is 2. The summed E-state index contributed by atoms with van der Waals surface area (Å²) in [6.07, 6.45) is 1.49. The minimum Gasteiger partial charge on any atom is -0.497 e. The number of hydrogen-bond acceptors (Lipinski definition) is 5. The number of nitrogens with zero attached hydrogens (tertiary/aromatic N) is 2. The Bertz CT molecular complexity index is 532. The van der Waals surface area contributed by atoms with Crippen molar-refractivity contribution in [3.8, 4) is 11.6 Å². The van der Waals surface area contributed by atoms with Crippen LogP contribution in [0, 0.1) is 0 Å². The average molecular weight is 259 g/mol. The summed E-state index contributed by atoms with van der Waals surface area (Å²) in [5.74, 6) is 2.16. The van der Waals surface area contributed by atoms with E-state index in [1.54, 1.807) is 13.2 Å². The van der Waals surface area contributed by atoms with Gasteiger partial charge in [-0.05, 0) is 24.6 Å². The highest BCUT2D eigenvalue weighted by molar-refractivity contribution is 5.39. The molecule has 1 aromatic carbocycles. The first-order chi connectivity index (χ1) is 9.31. The standard InChI is InChI=1S/C14H17N3O2/c1-3-19-14-8-13(16-10-17-14)15-9-11-5-4-6-12(7-11)18-2/h4-8,10H,3,9H2,1-2H3,(H,15,16,17). The minimum atomic E-state index is 0.575. The molecular weight excluding hydrogens is 242 g/mol. The normalized spacial score (nSPS) is 10.0. The maximum atomic E-state index is 5.32. The fraction of sp³-hybridized carbons (Fsp3) is 0.286. The molecule has 5 heteroatoms. The first-order valence-corrected chi connectivity index (χ1v) is 6.13. The van der Waals surface area contributed by atoms with Crippen molar-refractivity contribution in [3.63, 3.8) is 0 Å². The molecule has 19 heavy (non-hydrogen) atoms. The van der Waals surface area contributed by atoms with Crippen molar-refractivity contribution in [2.45, 2.75) is 13.5 Å². The zero-order valence-corrected chi connectivity index (χ0v) is 11.1. The zero-order valence-electron chi connectivity index (χ0n) is 11.1. The van der Waals surface area contributed by atoms with Crippen molar-refractivity contribution in [1.29, 1.82) is 0 Å². The van der Waals surface area contributed by atoms with Gasteiger partial charge in [0.1, 0.15) is 17.9 Å². The fourth-order valence-electron chi connectivity index (χ4n) is 1.64. The lowest BCUT2D eigenvalue weighted by Crippen LogP contribution is -2.03. The molecule has 0 amide bonds. The van der Waals surface area contributed by atoms with Crippen LogP contribution in [-0.2, 0) is 6.54 Å². The molecule has 0 atom stereocenters. The van der Waals surface area contributed by atoms with Crippen LogP contribution in [0.15, 0.2) is 36.7 Å². The van der Waals surface area contributed by atoms with Gasteiger partial charge >= 0.3 is 0 Å². The fourth-order valence-corrected chi connectivity index (χ4v) is 1.64. The molecule has 1 heterocycles. The topological polar surface area (TPSA) is 56.3 Å².